The molecule has 0 aliphatic carbocycles. The van der Waals surface area contributed by atoms with Gasteiger partial charge in [-0.25, -0.2) is 27.2 Å². The molecular formula is C23H19F2N3O2S. The highest BCUT2D eigenvalue weighted by atomic mass is 32.2. The van der Waals surface area contributed by atoms with Gasteiger partial charge in [0.05, 0.1) is 16.5 Å². The van der Waals surface area contributed by atoms with Crippen LogP contribution in [0.25, 0.3) is 10.9 Å². The molecule has 0 amide bonds. The van der Waals surface area contributed by atoms with Gasteiger partial charge in [0.1, 0.15) is 12.1 Å². The Balaban J connectivity index is 1.88. The highest BCUT2D eigenvalue weighted by Gasteiger charge is 2.20. The fraction of sp³-hybridized carbons (Fsp3) is 0.130. The number of rotatable bonds is 5. The Bertz CT molecular complexity index is 1390. The lowest BCUT2D eigenvalue weighted by Gasteiger charge is -2.22. The van der Waals surface area contributed by atoms with E-state index in [1.807, 2.05) is 25.1 Å². The van der Waals surface area contributed by atoms with Gasteiger partial charge in [0.15, 0.2) is 21.5 Å². The summed E-state index contributed by atoms with van der Waals surface area (Å²) in [6.45, 7) is 1.94. The van der Waals surface area contributed by atoms with Crippen molar-refractivity contribution in [1.82, 2.24) is 9.97 Å². The first-order chi connectivity index (χ1) is 14.7. The molecule has 31 heavy (non-hydrogen) atoms. The minimum absolute atomic E-state index is 0.128. The van der Waals surface area contributed by atoms with Crippen molar-refractivity contribution in [2.45, 2.75) is 17.9 Å². The lowest BCUT2D eigenvalue weighted by Crippen LogP contribution is -2.15. The smallest absolute Gasteiger partial charge is 0.175 e. The van der Waals surface area contributed by atoms with Crippen LogP contribution < -0.4 is 5.32 Å². The molecule has 4 rings (SSSR count). The molecule has 1 N–H and O–H groups in total. The molecule has 5 nitrogen and oxygen atoms in total. The summed E-state index contributed by atoms with van der Waals surface area (Å²) in [6.07, 6.45) is 2.53. The van der Waals surface area contributed by atoms with E-state index in [-0.39, 0.29) is 4.90 Å². The summed E-state index contributed by atoms with van der Waals surface area (Å²) in [5.74, 6) is -1.46. The van der Waals surface area contributed by atoms with Gasteiger partial charge in [0.2, 0.25) is 0 Å². The zero-order valence-corrected chi connectivity index (χ0v) is 17.6. The van der Waals surface area contributed by atoms with Gasteiger partial charge in [-0.3, -0.25) is 0 Å². The van der Waals surface area contributed by atoms with Crippen molar-refractivity contribution in [2.24, 2.45) is 0 Å². The summed E-state index contributed by atoms with van der Waals surface area (Å²) in [7, 11) is -3.46. The Morgan fingerprint density at radius 1 is 0.903 bits per heavy atom. The lowest BCUT2D eigenvalue weighted by atomic mass is 9.98. The van der Waals surface area contributed by atoms with Gasteiger partial charge in [-0.2, -0.15) is 0 Å². The average molecular weight is 439 g/mol. The molecule has 3 aromatic carbocycles. The first-order valence-electron chi connectivity index (χ1n) is 9.45. The molecular weight excluding hydrogens is 420 g/mol. The van der Waals surface area contributed by atoms with E-state index >= 15 is 0 Å². The Labute approximate surface area is 178 Å². The summed E-state index contributed by atoms with van der Waals surface area (Å²) in [5.41, 5.74) is 2.71. The highest BCUT2D eigenvalue weighted by Crippen LogP contribution is 2.31. The maximum Gasteiger partial charge on any atom is 0.175 e. The fourth-order valence-electron chi connectivity index (χ4n) is 3.40. The second-order valence-electron chi connectivity index (χ2n) is 7.34. The molecule has 8 heteroatoms. The third-order valence-corrected chi connectivity index (χ3v) is 6.08. The van der Waals surface area contributed by atoms with Crippen molar-refractivity contribution in [3.8, 4) is 0 Å². The van der Waals surface area contributed by atoms with Gasteiger partial charge < -0.3 is 5.32 Å². The number of hydrogen-bond donors (Lipinski definition) is 1. The van der Waals surface area contributed by atoms with Crippen molar-refractivity contribution in [3.05, 3.63) is 95.3 Å². The van der Waals surface area contributed by atoms with E-state index in [9.17, 15) is 17.2 Å². The third-order valence-electron chi connectivity index (χ3n) is 4.97. The minimum atomic E-state index is -3.46. The molecule has 1 atom stereocenters. The molecule has 1 heterocycles. The molecule has 0 aliphatic heterocycles. The average Bonchev–Trinajstić information content (AvgIpc) is 2.74. The Kier molecular flexibility index (Phi) is 5.41. The number of nitrogens with zero attached hydrogens (tertiary/aromatic N) is 2. The van der Waals surface area contributed by atoms with E-state index in [1.165, 1.54) is 24.5 Å². The van der Waals surface area contributed by atoms with Gasteiger partial charge in [-0.15, -0.1) is 0 Å². The molecule has 0 spiro atoms. The molecule has 0 fully saturated rings. The van der Waals surface area contributed by atoms with Crippen molar-refractivity contribution >= 4 is 26.6 Å². The predicted octanol–water partition coefficient (Wildman–Crippen LogP) is 4.82. The third kappa shape index (κ3) is 4.39. The zero-order chi connectivity index (χ0) is 22.2. The number of benzene rings is 3. The normalized spacial score (nSPS) is 12.6. The van der Waals surface area contributed by atoms with Crippen LogP contribution in [0.4, 0.5) is 14.6 Å². The largest absolute Gasteiger partial charge is 0.359 e. The second-order valence-corrected chi connectivity index (χ2v) is 9.35. The van der Waals surface area contributed by atoms with E-state index < -0.39 is 27.5 Å². The minimum Gasteiger partial charge on any atom is -0.359 e. The first kappa shape index (κ1) is 20.9. The number of fused-ring (bicyclic) bond motifs is 1. The van der Waals surface area contributed by atoms with Crippen molar-refractivity contribution in [3.63, 3.8) is 0 Å². The predicted molar refractivity (Wildman–Crippen MR) is 116 cm³/mol. The fourth-order valence-corrected chi connectivity index (χ4v) is 4.07. The number of nitrogens with one attached hydrogen (secondary N) is 1. The number of sulfone groups is 1. The Morgan fingerprint density at radius 3 is 2.42 bits per heavy atom. The number of hydrogen-bond acceptors (Lipinski definition) is 5. The second kappa shape index (κ2) is 8.03. The van der Waals surface area contributed by atoms with E-state index in [0.29, 0.717) is 16.9 Å². The molecule has 0 aliphatic rings. The van der Waals surface area contributed by atoms with Gasteiger partial charge in [0.25, 0.3) is 0 Å². The number of halogens is 2. The molecule has 0 bridgehead atoms. The first-order valence-corrected chi connectivity index (χ1v) is 11.3. The van der Waals surface area contributed by atoms with Crippen LogP contribution in [0, 0.1) is 18.6 Å². The van der Waals surface area contributed by atoms with Crippen molar-refractivity contribution in [1.29, 1.82) is 0 Å². The topological polar surface area (TPSA) is 72.0 Å². The van der Waals surface area contributed by atoms with E-state index in [4.69, 9.17) is 0 Å². The molecule has 4 aromatic rings. The molecule has 0 saturated carbocycles. The quantitative estimate of drug-likeness (QED) is 0.483. The summed E-state index contributed by atoms with van der Waals surface area (Å²) in [5, 5.41) is 4.03. The maximum absolute atomic E-state index is 14.0. The van der Waals surface area contributed by atoms with Gasteiger partial charge in [-0.1, -0.05) is 29.8 Å². The van der Waals surface area contributed by atoms with Crippen molar-refractivity contribution < 1.29 is 17.2 Å². The van der Waals surface area contributed by atoms with Crippen LogP contribution >= 0.6 is 0 Å². The van der Waals surface area contributed by atoms with Crippen LogP contribution in [-0.2, 0) is 9.84 Å². The summed E-state index contributed by atoms with van der Waals surface area (Å²) in [6, 6.07) is 15.0. The van der Waals surface area contributed by atoms with Crippen LogP contribution in [0.5, 0.6) is 0 Å². The summed E-state index contributed by atoms with van der Waals surface area (Å²) in [4.78, 5) is 8.74. The van der Waals surface area contributed by atoms with Crippen LogP contribution in [0.15, 0.2) is 71.9 Å². The van der Waals surface area contributed by atoms with Crippen LogP contribution in [0.3, 0.4) is 0 Å². The van der Waals surface area contributed by atoms with E-state index in [0.717, 1.165) is 34.9 Å². The van der Waals surface area contributed by atoms with Crippen LogP contribution in [0.1, 0.15) is 22.7 Å². The van der Waals surface area contributed by atoms with Gasteiger partial charge in [-0.05, 0) is 54.4 Å². The zero-order valence-electron chi connectivity index (χ0n) is 16.8. The molecule has 0 saturated heterocycles. The van der Waals surface area contributed by atoms with Gasteiger partial charge >= 0.3 is 0 Å². The molecule has 1 unspecified atom stereocenters. The maximum atomic E-state index is 14.0. The standard InChI is InChI=1S/C23H19F2N3O2S/c1-14-6-9-21-18(10-14)23(27-13-26-21)28-22(16-7-8-19(24)20(25)12-16)15-4-3-5-17(11-15)31(2,29)30/h3-13,22H,1-2H3,(H,26,27,28). The van der Waals surface area contributed by atoms with E-state index in [2.05, 4.69) is 15.3 Å². The number of aryl methyl sites for hydroxylation is 1. The molecule has 0 radical (unpaired) electrons. The number of anilines is 1. The van der Waals surface area contributed by atoms with Gasteiger partial charge in [0, 0.05) is 11.6 Å². The highest BCUT2D eigenvalue weighted by molar-refractivity contribution is 7.90. The number of aromatic nitrogens is 2. The Hall–Kier alpha value is -3.39. The SMILES string of the molecule is Cc1ccc2ncnc(NC(c3cccc(S(C)(=O)=O)c3)c3ccc(F)c(F)c3)c2c1. The molecule has 158 valence electrons. The lowest BCUT2D eigenvalue weighted by molar-refractivity contribution is 0.506. The van der Waals surface area contributed by atoms with Crippen LogP contribution in [0.2, 0.25) is 0 Å². The summed E-state index contributed by atoms with van der Waals surface area (Å²) < 4.78 is 51.7. The van der Waals surface area contributed by atoms with Crippen LogP contribution in [-0.4, -0.2) is 24.6 Å². The Morgan fingerprint density at radius 2 is 1.68 bits per heavy atom. The monoisotopic (exact) mass is 439 g/mol. The molecule has 1 aromatic heterocycles. The van der Waals surface area contributed by atoms with E-state index in [1.54, 1.807) is 12.1 Å². The van der Waals surface area contributed by atoms with Crippen molar-refractivity contribution in [2.75, 3.05) is 11.6 Å². The summed E-state index contributed by atoms with van der Waals surface area (Å²) >= 11 is 0.